The first-order chi connectivity index (χ1) is 15.0. The van der Waals surface area contributed by atoms with E-state index in [0.29, 0.717) is 29.2 Å². The van der Waals surface area contributed by atoms with Gasteiger partial charge in [0, 0.05) is 19.3 Å². The van der Waals surface area contributed by atoms with Crippen LogP contribution in [0.25, 0.3) is 5.69 Å². The molecule has 8 nitrogen and oxygen atoms in total. The summed E-state index contributed by atoms with van der Waals surface area (Å²) in [5.74, 6) is 1.04. The molecule has 1 aliphatic heterocycles. The predicted molar refractivity (Wildman–Crippen MR) is 122 cm³/mol. The van der Waals surface area contributed by atoms with Crippen LogP contribution in [0, 0.1) is 6.92 Å². The van der Waals surface area contributed by atoms with E-state index < -0.39 is 5.25 Å². The number of benzene rings is 1. The summed E-state index contributed by atoms with van der Waals surface area (Å²) >= 11 is 7.22. The molecule has 1 amide bonds. The number of carbonyl (C=O) groups is 1. The number of hydrogen-bond acceptors (Lipinski definition) is 7. The van der Waals surface area contributed by atoms with Gasteiger partial charge in [-0.3, -0.25) is 9.36 Å². The minimum absolute atomic E-state index is 0.174. The van der Waals surface area contributed by atoms with E-state index in [1.54, 1.807) is 12.1 Å². The number of rotatable bonds is 6. The molecule has 1 fully saturated rings. The van der Waals surface area contributed by atoms with Crippen molar-refractivity contribution in [3.05, 3.63) is 53.2 Å². The van der Waals surface area contributed by atoms with Gasteiger partial charge in [0.2, 0.25) is 11.9 Å². The monoisotopic (exact) mass is 458 g/mol. The molecule has 0 radical (unpaired) electrons. The number of morpholine rings is 1. The molecule has 1 saturated heterocycles. The summed E-state index contributed by atoms with van der Waals surface area (Å²) in [5.41, 5.74) is 2.09. The lowest BCUT2D eigenvalue weighted by Crippen LogP contribution is -2.38. The van der Waals surface area contributed by atoms with Crippen LogP contribution >= 0.6 is 23.4 Å². The molecular formula is C21H23ClN6O2S. The van der Waals surface area contributed by atoms with Crippen molar-refractivity contribution in [3.8, 4) is 5.69 Å². The van der Waals surface area contributed by atoms with Gasteiger partial charge in [-0.1, -0.05) is 41.6 Å². The highest BCUT2D eigenvalue weighted by Crippen LogP contribution is 2.31. The third-order valence-corrected chi connectivity index (χ3v) is 6.16. The molecule has 1 N–H and O–H groups in total. The zero-order chi connectivity index (χ0) is 21.8. The summed E-state index contributed by atoms with van der Waals surface area (Å²) in [7, 11) is 0. The molecule has 2 aromatic heterocycles. The maximum Gasteiger partial charge on any atom is 0.238 e. The van der Waals surface area contributed by atoms with Crippen molar-refractivity contribution in [2.45, 2.75) is 24.3 Å². The van der Waals surface area contributed by atoms with Gasteiger partial charge in [-0.05, 0) is 37.6 Å². The number of anilines is 2. The first-order valence-electron chi connectivity index (χ1n) is 9.96. The number of nitrogens with one attached hydrogen (secondary N) is 1. The zero-order valence-corrected chi connectivity index (χ0v) is 18.9. The summed E-state index contributed by atoms with van der Waals surface area (Å²) in [5, 5.41) is 12.5. The molecule has 10 heteroatoms. The minimum atomic E-state index is -0.415. The van der Waals surface area contributed by atoms with Gasteiger partial charge in [0.05, 0.1) is 29.2 Å². The second kappa shape index (κ2) is 9.67. The van der Waals surface area contributed by atoms with Gasteiger partial charge in [0.1, 0.15) is 5.82 Å². The third-order valence-electron chi connectivity index (χ3n) is 4.90. The van der Waals surface area contributed by atoms with Crippen LogP contribution in [-0.4, -0.2) is 57.2 Å². The van der Waals surface area contributed by atoms with Gasteiger partial charge in [-0.2, -0.15) is 0 Å². The number of amides is 1. The Hall–Kier alpha value is -2.62. The Bertz CT molecular complexity index is 1050. The van der Waals surface area contributed by atoms with Gasteiger partial charge in [-0.25, -0.2) is 4.98 Å². The van der Waals surface area contributed by atoms with Gasteiger partial charge in [0.25, 0.3) is 0 Å². The second-order valence-corrected chi connectivity index (χ2v) is 8.86. The van der Waals surface area contributed by atoms with Crippen LogP contribution in [0.2, 0.25) is 5.02 Å². The molecular weight excluding hydrogens is 436 g/mol. The van der Waals surface area contributed by atoms with E-state index in [0.717, 1.165) is 30.3 Å². The summed E-state index contributed by atoms with van der Waals surface area (Å²) in [6.07, 6.45) is 1.50. The maximum absolute atomic E-state index is 12.7. The van der Waals surface area contributed by atoms with Gasteiger partial charge < -0.3 is 15.0 Å². The summed E-state index contributed by atoms with van der Waals surface area (Å²) < 4.78 is 7.51. The number of nitrogens with zero attached hydrogens (tertiary/aromatic N) is 5. The summed E-state index contributed by atoms with van der Waals surface area (Å²) in [4.78, 5) is 19.0. The van der Waals surface area contributed by atoms with Crippen LogP contribution in [0.5, 0.6) is 0 Å². The molecule has 31 heavy (non-hydrogen) atoms. The van der Waals surface area contributed by atoms with Crippen LogP contribution < -0.4 is 10.2 Å². The van der Waals surface area contributed by atoms with Crippen molar-refractivity contribution in [2.24, 2.45) is 0 Å². The van der Waals surface area contributed by atoms with Crippen LogP contribution in [-0.2, 0) is 9.53 Å². The Labute approximate surface area is 190 Å². The lowest BCUT2D eigenvalue weighted by Gasteiger charge is -2.28. The topological polar surface area (TPSA) is 85.2 Å². The van der Waals surface area contributed by atoms with Crippen molar-refractivity contribution in [1.29, 1.82) is 0 Å². The van der Waals surface area contributed by atoms with Crippen LogP contribution in [0.4, 0.5) is 11.8 Å². The number of pyridine rings is 1. The number of aryl methyl sites for hydroxylation is 1. The van der Waals surface area contributed by atoms with Crippen molar-refractivity contribution in [2.75, 3.05) is 36.5 Å². The van der Waals surface area contributed by atoms with Crippen molar-refractivity contribution in [3.63, 3.8) is 0 Å². The van der Waals surface area contributed by atoms with Crippen molar-refractivity contribution >= 4 is 41.0 Å². The Kier molecular flexibility index (Phi) is 6.74. The van der Waals surface area contributed by atoms with E-state index in [1.165, 1.54) is 18.0 Å². The normalized spacial score (nSPS) is 15.0. The highest BCUT2D eigenvalue weighted by atomic mass is 35.5. The third kappa shape index (κ3) is 5.00. The average Bonchev–Trinajstić information content (AvgIpc) is 3.19. The van der Waals surface area contributed by atoms with E-state index in [1.807, 2.05) is 29.7 Å². The second-order valence-electron chi connectivity index (χ2n) is 7.11. The fraction of sp³-hybridized carbons (Fsp3) is 0.333. The van der Waals surface area contributed by atoms with E-state index in [4.69, 9.17) is 16.3 Å². The Morgan fingerprint density at radius 1 is 1.19 bits per heavy atom. The standard InChI is InChI=1S/C21H23ClN6O2S/c1-14-5-3-4-6-17(14)28-20(27-9-11-30-12-10-27)25-26-21(28)31-15(2)19(29)24-18-8-7-16(22)13-23-18/h3-8,13,15H,9-12H2,1-2H3,(H,23,24,29)/t15-/m1/s1. The van der Waals surface area contributed by atoms with Crippen LogP contribution in [0.1, 0.15) is 12.5 Å². The van der Waals surface area contributed by atoms with E-state index >= 15 is 0 Å². The molecule has 162 valence electrons. The minimum Gasteiger partial charge on any atom is -0.378 e. The smallest absolute Gasteiger partial charge is 0.238 e. The molecule has 1 aliphatic rings. The first kappa shape index (κ1) is 21.6. The predicted octanol–water partition coefficient (Wildman–Crippen LogP) is 3.58. The molecule has 0 saturated carbocycles. The van der Waals surface area contributed by atoms with E-state index in [9.17, 15) is 4.79 Å². The van der Waals surface area contributed by atoms with Gasteiger partial charge in [-0.15, -0.1) is 10.2 Å². The molecule has 3 aromatic rings. The Morgan fingerprint density at radius 2 is 1.97 bits per heavy atom. The largest absolute Gasteiger partial charge is 0.378 e. The Morgan fingerprint density at radius 3 is 2.68 bits per heavy atom. The lowest BCUT2D eigenvalue weighted by molar-refractivity contribution is -0.115. The fourth-order valence-electron chi connectivity index (χ4n) is 3.22. The molecule has 3 heterocycles. The van der Waals surface area contributed by atoms with E-state index in [-0.39, 0.29) is 5.91 Å². The number of ether oxygens (including phenoxy) is 1. The summed E-state index contributed by atoms with van der Waals surface area (Å²) in [6, 6.07) is 11.4. The molecule has 1 atom stereocenters. The number of hydrogen-bond donors (Lipinski definition) is 1. The molecule has 4 rings (SSSR count). The molecule has 0 bridgehead atoms. The number of halogens is 1. The maximum atomic E-state index is 12.7. The van der Waals surface area contributed by atoms with Crippen molar-refractivity contribution in [1.82, 2.24) is 19.7 Å². The SMILES string of the molecule is Cc1ccccc1-n1c(S[C@H](C)C(=O)Nc2ccc(Cl)cn2)nnc1N1CCOCC1. The quantitative estimate of drug-likeness (QED) is 0.565. The Balaban J connectivity index is 1.60. The summed E-state index contributed by atoms with van der Waals surface area (Å²) in [6.45, 7) is 6.67. The molecule has 1 aromatic carbocycles. The molecule has 0 unspecified atom stereocenters. The average molecular weight is 459 g/mol. The number of carbonyl (C=O) groups excluding carboxylic acids is 1. The first-order valence-corrected chi connectivity index (χ1v) is 11.2. The fourth-order valence-corrected chi connectivity index (χ4v) is 4.19. The number of thioether (sulfide) groups is 1. The highest BCUT2D eigenvalue weighted by molar-refractivity contribution is 8.00. The zero-order valence-electron chi connectivity index (χ0n) is 17.3. The van der Waals surface area contributed by atoms with E-state index in [2.05, 4.69) is 38.4 Å². The molecule has 0 spiro atoms. The van der Waals surface area contributed by atoms with Crippen LogP contribution in [0.15, 0.2) is 47.8 Å². The highest BCUT2D eigenvalue weighted by Gasteiger charge is 2.25. The van der Waals surface area contributed by atoms with Crippen LogP contribution in [0.3, 0.4) is 0 Å². The number of aromatic nitrogens is 4. The molecule has 0 aliphatic carbocycles. The number of para-hydroxylation sites is 1. The van der Waals surface area contributed by atoms with Crippen molar-refractivity contribution < 1.29 is 9.53 Å². The lowest BCUT2D eigenvalue weighted by atomic mass is 10.2. The van der Waals surface area contributed by atoms with Gasteiger partial charge >= 0.3 is 0 Å². The van der Waals surface area contributed by atoms with Gasteiger partial charge in [0.15, 0.2) is 5.16 Å².